The highest BCUT2D eigenvalue weighted by Crippen LogP contribution is 2.32. The standard InChI is InChI=1S/C22H27N5.2C2HF3O2/c1-2-6-17(7-3-1)14-23-19-11-12-21-24-22(25-27(21)16-19)18-8-5-13-26(15-18)20-9-4-10-20;2*3-2(4,5)1(6)7/h1-3,6-7,11-12,16,18,20,23H,4-5,8-10,13-15H2;2*(H,6,7). The minimum Gasteiger partial charge on any atom is -0.475 e. The molecule has 1 atom stereocenters. The number of rotatable bonds is 5. The number of alkyl halides is 6. The number of hydrogen-bond acceptors (Lipinski definition) is 6. The van der Waals surface area contributed by atoms with Crippen LogP contribution in [0.4, 0.5) is 32.0 Å². The number of carbonyl (C=O) groups is 2. The second kappa shape index (κ2) is 13.7. The van der Waals surface area contributed by atoms with Crippen molar-refractivity contribution < 1.29 is 46.1 Å². The van der Waals surface area contributed by atoms with Crippen molar-refractivity contribution in [2.24, 2.45) is 0 Å². The van der Waals surface area contributed by atoms with E-state index in [1.165, 1.54) is 44.2 Å². The van der Waals surface area contributed by atoms with Gasteiger partial charge in [-0.25, -0.2) is 19.1 Å². The van der Waals surface area contributed by atoms with Crippen molar-refractivity contribution in [3.8, 4) is 0 Å². The number of pyridine rings is 1. The van der Waals surface area contributed by atoms with E-state index in [0.717, 1.165) is 36.3 Å². The summed E-state index contributed by atoms with van der Waals surface area (Å²) in [5, 5.41) is 22.6. The average molecular weight is 590 g/mol. The van der Waals surface area contributed by atoms with Crippen LogP contribution in [-0.2, 0) is 16.1 Å². The van der Waals surface area contributed by atoms with Gasteiger partial charge in [-0.1, -0.05) is 36.8 Å². The van der Waals surface area contributed by atoms with E-state index in [9.17, 15) is 26.3 Å². The lowest BCUT2D eigenvalue weighted by Crippen LogP contribution is -2.45. The Morgan fingerprint density at radius 3 is 2.05 bits per heavy atom. The van der Waals surface area contributed by atoms with Crippen LogP contribution in [0.2, 0.25) is 0 Å². The van der Waals surface area contributed by atoms with Crippen molar-refractivity contribution in [2.75, 3.05) is 18.4 Å². The molecular formula is C26H29F6N5O4. The minimum absolute atomic E-state index is 0.472. The summed E-state index contributed by atoms with van der Waals surface area (Å²) in [6.45, 7) is 3.19. The minimum atomic E-state index is -5.08. The molecule has 3 N–H and O–H groups in total. The van der Waals surface area contributed by atoms with Gasteiger partial charge in [0.05, 0.1) is 11.9 Å². The normalized spacial score (nSPS) is 17.9. The fourth-order valence-corrected chi connectivity index (χ4v) is 4.28. The second-order valence-electron chi connectivity index (χ2n) is 9.55. The van der Waals surface area contributed by atoms with Gasteiger partial charge in [0.25, 0.3) is 0 Å². The van der Waals surface area contributed by atoms with Crippen LogP contribution < -0.4 is 5.32 Å². The Labute approximate surface area is 230 Å². The zero-order valence-corrected chi connectivity index (χ0v) is 21.7. The Kier molecular flexibility index (Phi) is 10.5. The molecule has 1 aliphatic carbocycles. The van der Waals surface area contributed by atoms with Crippen LogP contribution in [0.5, 0.6) is 0 Å². The Morgan fingerprint density at radius 1 is 0.902 bits per heavy atom. The van der Waals surface area contributed by atoms with Gasteiger partial charge in [0.15, 0.2) is 11.5 Å². The molecule has 3 aromatic rings. The van der Waals surface area contributed by atoms with Crippen molar-refractivity contribution in [2.45, 2.75) is 63.0 Å². The molecule has 1 saturated carbocycles. The number of benzene rings is 1. The van der Waals surface area contributed by atoms with Crippen LogP contribution in [0.1, 0.15) is 49.4 Å². The fraction of sp³-hybridized carbons (Fsp3) is 0.462. The number of nitrogens with one attached hydrogen (secondary N) is 1. The first-order valence-electron chi connectivity index (χ1n) is 12.7. The average Bonchev–Trinajstić information content (AvgIpc) is 3.31. The molecule has 1 aromatic carbocycles. The summed E-state index contributed by atoms with van der Waals surface area (Å²) in [7, 11) is 0. The van der Waals surface area contributed by atoms with Crippen molar-refractivity contribution in [1.82, 2.24) is 19.5 Å². The van der Waals surface area contributed by atoms with E-state index in [-0.39, 0.29) is 0 Å². The summed E-state index contributed by atoms with van der Waals surface area (Å²) in [5.41, 5.74) is 3.29. The maximum absolute atomic E-state index is 10.6. The third kappa shape index (κ3) is 9.62. The van der Waals surface area contributed by atoms with Crippen LogP contribution in [-0.4, -0.2) is 73.1 Å². The van der Waals surface area contributed by atoms with Gasteiger partial charge >= 0.3 is 24.3 Å². The zero-order chi connectivity index (χ0) is 30.2. The predicted molar refractivity (Wildman–Crippen MR) is 135 cm³/mol. The van der Waals surface area contributed by atoms with Crippen LogP contribution >= 0.6 is 0 Å². The number of carboxylic acid groups (broad SMARTS) is 2. The van der Waals surface area contributed by atoms with E-state index in [1.54, 1.807) is 0 Å². The highest BCUT2D eigenvalue weighted by atomic mass is 19.4. The SMILES string of the molecule is O=C(O)C(F)(F)F.O=C(O)C(F)(F)F.c1ccc(CNc2ccc3nc(C4CCCN(C5CCC5)C4)nn3c2)cc1. The summed E-state index contributed by atoms with van der Waals surface area (Å²) >= 11 is 0. The van der Waals surface area contributed by atoms with E-state index in [4.69, 9.17) is 29.9 Å². The molecule has 1 saturated heterocycles. The molecule has 1 unspecified atom stereocenters. The Morgan fingerprint density at radius 2 is 1.51 bits per heavy atom. The number of fused-ring (bicyclic) bond motifs is 1. The molecule has 0 bridgehead atoms. The number of carboxylic acids is 2. The molecule has 224 valence electrons. The topological polar surface area (TPSA) is 120 Å². The molecule has 2 aliphatic rings. The van der Waals surface area contributed by atoms with E-state index < -0.39 is 24.3 Å². The fourth-order valence-electron chi connectivity index (χ4n) is 4.28. The van der Waals surface area contributed by atoms with E-state index >= 15 is 0 Å². The number of aromatic nitrogens is 3. The van der Waals surface area contributed by atoms with Gasteiger partial charge in [-0.3, -0.25) is 4.90 Å². The largest absolute Gasteiger partial charge is 0.490 e. The number of nitrogens with zero attached hydrogens (tertiary/aromatic N) is 4. The summed E-state index contributed by atoms with van der Waals surface area (Å²) in [5.74, 6) is -4.03. The lowest BCUT2D eigenvalue weighted by molar-refractivity contribution is -0.193. The molecule has 5 rings (SSSR count). The lowest BCUT2D eigenvalue weighted by atomic mass is 9.87. The predicted octanol–water partition coefficient (Wildman–Crippen LogP) is 5.34. The number of hydrogen-bond donors (Lipinski definition) is 3. The maximum atomic E-state index is 10.6. The van der Waals surface area contributed by atoms with Crippen LogP contribution in [0.3, 0.4) is 0 Å². The Hall–Kier alpha value is -3.88. The summed E-state index contributed by atoms with van der Waals surface area (Å²) in [6, 6.07) is 15.4. The molecule has 0 spiro atoms. The van der Waals surface area contributed by atoms with E-state index in [1.807, 2.05) is 10.6 Å². The van der Waals surface area contributed by atoms with Gasteiger partial charge < -0.3 is 15.5 Å². The number of aliphatic carboxylic acids is 2. The first-order valence-corrected chi connectivity index (χ1v) is 12.7. The summed E-state index contributed by atoms with van der Waals surface area (Å²) in [6.07, 6.45) is -1.48. The summed E-state index contributed by atoms with van der Waals surface area (Å²) in [4.78, 5) is 25.3. The number of anilines is 1. The highest BCUT2D eigenvalue weighted by molar-refractivity contribution is 5.73. The van der Waals surface area contributed by atoms with Crippen molar-refractivity contribution in [1.29, 1.82) is 0 Å². The molecule has 15 heteroatoms. The van der Waals surface area contributed by atoms with Gasteiger partial charge in [0, 0.05) is 25.0 Å². The molecule has 1 aliphatic heterocycles. The van der Waals surface area contributed by atoms with Gasteiger partial charge in [0.2, 0.25) is 0 Å². The quantitative estimate of drug-likeness (QED) is 0.341. The van der Waals surface area contributed by atoms with Gasteiger partial charge in [-0.2, -0.15) is 31.4 Å². The first-order chi connectivity index (χ1) is 19.2. The molecule has 2 fully saturated rings. The van der Waals surface area contributed by atoms with Crippen LogP contribution in [0.15, 0.2) is 48.7 Å². The first kappa shape index (κ1) is 31.6. The van der Waals surface area contributed by atoms with Crippen LogP contribution in [0.25, 0.3) is 5.65 Å². The van der Waals surface area contributed by atoms with E-state index in [0.29, 0.717) is 5.92 Å². The Balaban J connectivity index is 0.000000276. The Bertz CT molecular complexity index is 1270. The van der Waals surface area contributed by atoms with Crippen molar-refractivity contribution >= 4 is 23.3 Å². The third-order valence-electron chi connectivity index (χ3n) is 6.58. The molecule has 3 heterocycles. The number of halogens is 6. The lowest BCUT2D eigenvalue weighted by Gasteiger charge is -2.41. The van der Waals surface area contributed by atoms with Crippen LogP contribution in [0, 0.1) is 0 Å². The third-order valence-corrected chi connectivity index (χ3v) is 6.58. The number of piperidine rings is 1. The smallest absolute Gasteiger partial charge is 0.475 e. The van der Waals surface area contributed by atoms with Gasteiger partial charge in [-0.15, -0.1) is 0 Å². The van der Waals surface area contributed by atoms with Gasteiger partial charge in [-0.05, 0) is 49.9 Å². The second-order valence-corrected chi connectivity index (χ2v) is 9.55. The molecule has 41 heavy (non-hydrogen) atoms. The maximum Gasteiger partial charge on any atom is 0.490 e. The van der Waals surface area contributed by atoms with Crippen molar-refractivity contribution in [3.63, 3.8) is 0 Å². The van der Waals surface area contributed by atoms with Gasteiger partial charge in [0.1, 0.15) is 0 Å². The molecular weight excluding hydrogens is 560 g/mol. The summed E-state index contributed by atoms with van der Waals surface area (Å²) < 4.78 is 65.4. The highest BCUT2D eigenvalue weighted by Gasteiger charge is 2.39. The zero-order valence-electron chi connectivity index (χ0n) is 21.7. The monoisotopic (exact) mass is 589 g/mol. The number of likely N-dealkylation sites (tertiary alicyclic amines) is 1. The molecule has 0 amide bonds. The molecule has 2 aromatic heterocycles. The molecule has 0 radical (unpaired) electrons. The molecule has 9 nitrogen and oxygen atoms in total. The van der Waals surface area contributed by atoms with E-state index in [2.05, 4.69) is 52.8 Å². The van der Waals surface area contributed by atoms with Crippen molar-refractivity contribution in [3.05, 3.63) is 60.0 Å².